The van der Waals surface area contributed by atoms with Crippen LogP contribution in [-0.2, 0) is 0 Å². The van der Waals surface area contributed by atoms with E-state index in [2.05, 4.69) is 36.4 Å². The number of pyridine rings is 1. The Kier molecular flexibility index (Phi) is 2.13. The van der Waals surface area contributed by atoms with Gasteiger partial charge in [-0.15, -0.1) is 5.10 Å². The highest BCUT2D eigenvalue weighted by molar-refractivity contribution is 9.10. The van der Waals surface area contributed by atoms with E-state index in [0.717, 1.165) is 28.8 Å². The molecule has 1 fully saturated rings. The van der Waals surface area contributed by atoms with Gasteiger partial charge in [0.1, 0.15) is 11.5 Å². The lowest BCUT2D eigenvalue weighted by Crippen LogP contribution is -2.06. The van der Waals surface area contributed by atoms with Gasteiger partial charge in [0.2, 0.25) is 0 Å². The molecule has 2 aromatic rings. The normalized spacial score (nSPS) is 15.3. The van der Waals surface area contributed by atoms with Crippen LogP contribution in [0.25, 0.3) is 5.69 Å². The van der Waals surface area contributed by atoms with Crippen molar-refractivity contribution in [1.29, 1.82) is 0 Å². The molecule has 0 aromatic carbocycles. The molecular formula is C9H9BrN6. The van der Waals surface area contributed by atoms with E-state index in [-0.39, 0.29) is 0 Å². The predicted octanol–water partition coefficient (Wildman–Crippen LogP) is 1.28. The Morgan fingerprint density at radius 1 is 1.44 bits per heavy atom. The third-order valence-electron chi connectivity index (χ3n) is 2.53. The van der Waals surface area contributed by atoms with Crippen molar-refractivity contribution < 1.29 is 0 Å². The Morgan fingerprint density at radius 3 is 3.00 bits per heavy atom. The van der Waals surface area contributed by atoms with Gasteiger partial charge in [0, 0.05) is 16.6 Å². The van der Waals surface area contributed by atoms with Gasteiger partial charge in [0.25, 0.3) is 0 Å². The van der Waals surface area contributed by atoms with Gasteiger partial charge >= 0.3 is 0 Å². The van der Waals surface area contributed by atoms with Crippen molar-refractivity contribution in [1.82, 2.24) is 25.2 Å². The summed E-state index contributed by atoms with van der Waals surface area (Å²) in [5, 5.41) is 11.7. The van der Waals surface area contributed by atoms with Crippen LogP contribution in [-0.4, -0.2) is 25.2 Å². The molecule has 2 heterocycles. The van der Waals surface area contributed by atoms with Crippen LogP contribution in [0.3, 0.4) is 0 Å². The van der Waals surface area contributed by atoms with Crippen LogP contribution in [0.15, 0.2) is 16.7 Å². The number of tetrazole rings is 1. The lowest BCUT2D eigenvalue weighted by atomic mass is 10.3. The Labute approximate surface area is 100.0 Å². The molecule has 7 heteroatoms. The maximum absolute atomic E-state index is 5.82. The SMILES string of the molecule is Nc1ncc(Br)cc1-n1nnnc1C1CC1. The van der Waals surface area contributed by atoms with E-state index >= 15 is 0 Å². The van der Waals surface area contributed by atoms with E-state index in [0.29, 0.717) is 11.7 Å². The molecular weight excluding hydrogens is 272 g/mol. The number of hydrogen-bond donors (Lipinski definition) is 1. The van der Waals surface area contributed by atoms with Crippen molar-refractivity contribution >= 4 is 21.7 Å². The lowest BCUT2D eigenvalue weighted by molar-refractivity contribution is 0.762. The first-order valence-corrected chi connectivity index (χ1v) is 5.74. The van der Waals surface area contributed by atoms with Crippen LogP contribution in [0.1, 0.15) is 24.6 Å². The van der Waals surface area contributed by atoms with Crippen LogP contribution in [0.4, 0.5) is 5.82 Å². The second-order valence-electron chi connectivity index (χ2n) is 3.78. The molecule has 0 spiro atoms. The fourth-order valence-electron chi connectivity index (χ4n) is 1.57. The zero-order chi connectivity index (χ0) is 11.1. The third kappa shape index (κ3) is 1.57. The molecule has 6 nitrogen and oxygen atoms in total. The standard InChI is InChI=1S/C9H9BrN6/c10-6-3-7(8(11)12-4-6)16-9(5-1-2-5)13-14-15-16/h3-5H,1-2H2,(H2,11,12). The van der Waals surface area contributed by atoms with Gasteiger partial charge < -0.3 is 5.73 Å². The van der Waals surface area contributed by atoms with E-state index in [1.165, 1.54) is 0 Å². The minimum atomic E-state index is 0.428. The van der Waals surface area contributed by atoms with Crippen molar-refractivity contribution in [3.05, 3.63) is 22.6 Å². The van der Waals surface area contributed by atoms with Gasteiger partial charge in [-0.05, 0) is 45.3 Å². The number of aromatic nitrogens is 5. The number of halogens is 1. The fourth-order valence-corrected chi connectivity index (χ4v) is 1.89. The fraction of sp³-hybridized carbons (Fsp3) is 0.333. The highest BCUT2D eigenvalue weighted by Gasteiger charge is 2.30. The zero-order valence-electron chi connectivity index (χ0n) is 8.34. The molecule has 0 unspecified atom stereocenters. The molecule has 0 amide bonds. The number of nitrogens with two attached hydrogens (primary N) is 1. The summed E-state index contributed by atoms with van der Waals surface area (Å²) in [5.74, 6) is 1.76. The summed E-state index contributed by atoms with van der Waals surface area (Å²) in [6.07, 6.45) is 3.93. The molecule has 1 saturated carbocycles. The number of hydrogen-bond acceptors (Lipinski definition) is 5. The van der Waals surface area contributed by atoms with Gasteiger partial charge in [0.05, 0.1) is 0 Å². The number of rotatable bonds is 2. The Balaban J connectivity index is 2.13. The predicted molar refractivity (Wildman–Crippen MR) is 61.0 cm³/mol. The second-order valence-corrected chi connectivity index (χ2v) is 4.70. The van der Waals surface area contributed by atoms with Gasteiger partial charge in [-0.1, -0.05) is 0 Å². The average Bonchev–Trinajstić information content (AvgIpc) is 3.01. The lowest BCUT2D eigenvalue weighted by Gasteiger charge is -2.06. The van der Waals surface area contributed by atoms with Crippen LogP contribution >= 0.6 is 15.9 Å². The molecule has 0 saturated heterocycles. The van der Waals surface area contributed by atoms with E-state index in [9.17, 15) is 0 Å². The van der Waals surface area contributed by atoms with Crippen molar-refractivity contribution in [2.75, 3.05) is 5.73 Å². The van der Waals surface area contributed by atoms with Gasteiger partial charge in [-0.25, -0.2) is 4.98 Å². The topological polar surface area (TPSA) is 82.5 Å². The van der Waals surface area contributed by atoms with E-state index < -0.39 is 0 Å². The van der Waals surface area contributed by atoms with Crippen molar-refractivity contribution in [3.63, 3.8) is 0 Å². The van der Waals surface area contributed by atoms with Gasteiger partial charge in [-0.2, -0.15) is 4.68 Å². The van der Waals surface area contributed by atoms with Crippen LogP contribution in [0, 0.1) is 0 Å². The maximum atomic E-state index is 5.82. The van der Waals surface area contributed by atoms with Crippen LogP contribution in [0.2, 0.25) is 0 Å². The molecule has 0 bridgehead atoms. The summed E-state index contributed by atoms with van der Waals surface area (Å²) < 4.78 is 2.53. The van der Waals surface area contributed by atoms with Crippen molar-refractivity contribution in [3.8, 4) is 5.69 Å². The Hall–Kier alpha value is -1.50. The number of nitrogen functional groups attached to an aromatic ring is 1. The number of anilines is 1. The molecule has 2 N–H and O–H groups in total. The molecule has 82 valence electrons. The summed E-state index contributed by atoms with van der Waals surface area (Å²) >= 11 is 3.36. The third-order valence-corrected chi connectivity index (χ3v) is 2.96. The molecule has 3 rings (SSSR count). The minimum absolute atomic E-state index is 0.428. The maximum Gasteiger partial charge on any atom is 0.159 e. The molecule has 0 aliphatic heterocycles. The molecule has 1 aliphatic carbocycles. The summed E-state index contributed by atoms with van der Waals surface area (Å²) in [6.45, 7) is 0. The molecule has 16 heavy (non-hydrogen) atoms. The highest BCUT2D eigenvalue weighted by atomic mass is 79.9. The highest BCUT2D eigenvalue weighted by Crippen LogP contribution is 2.39. The Bertz CT molecular complexity index is 533. The van der Waals surface area contributed by atoms with Crippen LogP contribution < -0.4 is 5.73 Å². The molecule has 1 aliphatic rings. The smallest absolute Gasteiger partial charge is 0.159 e. The van der Waals surface area contributed by atoms with E-state index in [1.807, 2.05) is 6.07 Å². The first-order chi connectivity index (χ1) is 7.75. The Morgan fingerprint density at radius 2 is 2.25 bits per heavy atom. The van der Waals surface area contributed by atoms with Crippen LogP contribution in [0.5, 0.6) is 0 Å². The van der Waals surface area contributed by atoms with Gasteiger partial charge in [0.15, 0.2) is 5.82 Å². The second kappa shape index (κ2) is 3.51. The van der Waals surface area contributed by atoms with Crippen molar-refractivity contribution in [2.45, 2.75) is 18.8 Å². The summed E-state index contributed by atoms with van der Waals surface area (Å²) in [5.41, 5.74) is 6.55. The van der Waals surface area contributed by atoms with E-state index in [1.54, 1.807) is 10.9 Å². The van der Waals surface area contributed by atoms with Crippen molar-refractivity contribution in [2.24, 2.45) is 0 Å². The largest absolute Gasteiger partial charge is 0.382 e. The summed E-state index contributed by atoms with van der Waals surface area (Å²) in [4.78, 5) is 4.07. The first-order valence-electron chi connectivity index (χ1n) is 4.95. The zero-order valence-corrected chi connectivity index (χ0v) is 9.92. The molecule has 0 atom stereocenters. The summed E-state index contributed by atoms with van der Waals surface area (Å²) in [7, 11) is 0. The van der Waals surface area contributed by atoms with Gasteiger partial charge in [-0.3, -0.25) is 0 Å². The number of nitrogens with zero attached hydrogens (tertiary/aromatic N) is 5. The quantitative estimate of drug-likeness (QED) is 0.896. The molecule has 0 radical (unpaired) electrons. The summed E-state index contributed by atoms with van der Waals surface area (Å²) in [6, 6.07) is 1.87. The molecule has 2 aromatic heterocycles. The average molecular weight is 281 g/mol. The monoisotopic (exact) mass is 280 g/mol. The van der Waals surface area contributed by atoms with E-state index in [4.69, 9.17) is 5.73 Å². The minimum Gasteiger partial charge on any atom is -0.382 e. The first kappa shape index (κ1) is 9.71.